The smallest absolute Gasteiger partial charge is 0.191 e. The molecule has 2 aromatic carbocycles. The molecular weight excluding hydrogens is 367 g/mol. The van der Waals surface area contributed by atoms with Crippen molar-refractivity contribution in [3.8, 4) is 0 Å². The Hall–Kier alpha value is -2.44. The molecule has 156 valence electrons. The summed E-state index contributed by atoms with van der Waals surface area (Å²) in [5, 5.41) is 6.84. The molecule has 0 radical (unpaired) electrons. The van der Waals surface area contributed by atoms with Gasteiger partial charge in [0.25, 0.3) is 0 Å². The van der Waals surface area contributed by atoms with Crippen LogP contribution in [0.3, 0.4) is 0 Å². The quantitative estimate of drug-likeness (QED) is 0.408. The van der Waals surface area contributed by atoms with Gasteiger partial charge in [0, 0.05) is 33.2 Å². The van der Waals surface area contributed by atoms with Crippen LogP contribution < -0.4 is 10.6 Å². The molecule has 6 heteroatoms. The summed E-state index contributed by atoms with van der Waals surface area (Å²) in [5.74, 6) is 0.580. The van der Waals surface area contributed by atoms with E-state index in [0.29, 0.717) is 6.54 Å². The fraction of sp³-hybridized carbons (Fsp3) is 0.435. The molecule has 1 atom stereocenters. The zero-order valence-corrected chi connectivity index (χ0v) is 17.1. The number of nitrogens with one attached hydrogen (secondary N) is 2. The monoisotopic (exact) mass is 398 g/mol. The first-order chi connectivity index (χ1) is 14.3. The molecule has 1 aliphatic rings. The van der Waals surface area contributed by atoms with Crippen molar-refractivity contribution >= 4 is 5.96 Å². The number of rotatable bonds is 8. The maximum atomic E-state index is 13.4. The van der Waals surface area contributed by atoms with E-state index in [0.717, 1.165) is 57.2 Å². The minimum atomic E-state index is -0.210. The Kier molecular flexibility index (Phi) is 8.46. The van der Waals surface area contributed by atoms with E-state index in [-0.39, 0.29) is 11.9 Å². The summed E-state index contributed by atoms with van der Waals surface area (Å²) in [6.07, 6.45) is 2.08. The van der Waals surface area contributed by atoms with Gasteiger partial charge in [-0.05, 0) is 36.1 Å². The van der Waals surface area contributed by atoms with Crippen LogP contribution in [0.15, 0.2) is 59.6 Å². The second-order valence-electron chi connectivity index (χ2n) is 7.18. The van der Waals surface area contributed by atoms with Gasteiger partial charge in [0.1, 0.15) is 5.82 Å². The third kappa shape index (κ3) is 6.84. The predicted octanol–water partition coefficient (Wildman–Crippen LogP) is 3.00. The lowest BCUT2D eigenvalue weighted by Crippen LogP contribution is -2.46. The van der Waals surface area contributed by atoms with Gasteiger partial charge < -0.3 is 15.4 Å². The summed E-state index contributed by atoms with van der Waals surface area (Å²) in [5.41, 5.74) is 2.45. The highest BCUT2D eigenvalue weighted by Crippen LogP contribution is 2.21. The lowest BCUT2D eigenvalue weighted by molar-refractivity contribution is 0.0170. The van der Waals surface area contributed by atoms with Crippen LogP contribution in [-0.4, -0.2) is 57.3 Å². The largest absolute Gasteiger partial charge is 0.379 e. The molecule has 29 heavy (non-hydrogen) atoms. The van der Waals surface area contributed by atoms with Gasteiger partial charge in [0.05, 0.1) is 19.3 Å². The Morgan fingerprint density at radius 3 is 2.48 bits per heavy atom. The third-order valence-electron chi connectivity index (χ3n) is 5.21. The molecule has 0 aromatic heterocycles. The van der Waals surface area contributed by atoms with E-state index in [1.54, 1.807) is 7.05 Å². The summed E-state index contributed by atoms with van der Waals surface area (Å²) in [6.45, 7) is 4.74. The Morgan fingerprint density at radius 2 is 1.79 bits per heavy atom. The Labute approximate surface area is 173 Å². The fourth-order valence-corrected chi connectivity index (χ4v) is 3.59. The van der Waals surface area contributed by atoms with Gasteiger partial charge in [-0.1, -0.05) is 42.5 Å². The number of nitrogens with zero attached hydrogens (tertiary/aromatic N) is 2. The zero-order valence-electron chi connectivity index (χ0n) is 17.1. The molecule has 0 bridgehead atoms. The molecular formula is C23H31FN4O. The van der Waals surface area contributed by atoms with E-state index in [1.807, 2.05) is 18.2 Å². The topological polar surface area (TPSA) is 48.9 Å². The molecule has 3 rings (SSSR count). The minimum absolute atomic E-state index is 0.141. The normalized spacial score (nSPS) is 16.4. The van der Waals surface area contributed by atoms with Crippen molar-refractivity contribution in [3.63, 3.8) is 0 Å². The second-order valence-corrected chi connectivity index (χ2v) is 7.18. The van der Waals surface area contributed by atoms with E-state index >= 15 is 0 Å². The van der Waals surface area contributed by atoms with Crippen LogP contribution in [0.4, 0.5) is 4.39 Å². The van der Waals surface area contributed by atoms with Crippen LogP contribution in [0.1, 0.15) is 23.6 Å². The minimum Gasteiger partial charge on any atom is -0.379 e. The molecule has 1 aliphatic heterocycles. The van der Waals surface area contributed by atoms with Gasteiger partial charge in [0.15, 0.2) is 5.96 Å². The van der Waals surface area contributed by atoms with E-state index in [9.17, 15) is 4.39 Å². The summed E-state index contributed by atoms with van der Waals surface area (Å²) in [4.78, 5) is 6.73. The first kappa shape index (κ1) is 21.3. The number of halogens is 1. The molecule has 2 aromatic rings. The van der Waals surface area contributed by atoms with Crippen LogP contribution in [0.5, 0.6) is 0 Å². The number of hydrogen-bond donors (Lipinski definition) is 2. The predicted molar refractivity (Wildman–Crippen MR) is 116 cm³/mol. The molecule has 2 N–H and O–H groups in total. The van der Waals surface area contributed by atoms with Crippen LogP contribution in [0, 0.1) is 5.82 Å². The number of morpholine rings is 1. The number of aliphatic imine (C=N–C) groups is 1. The number of hydrogen-bond acceptors (Lipinski definition) is 3. The van der Waals surface area contributed by atoms with Crippen LogP contribution in [0.25, 0.3) is 0 Å². The third-order valence-corrected chi connectivity index (χ3v) is 5.21. The van der Waals surface area contributed by atoms with Crippen molar-refractivity contribution in [2.75, 3.05) is 46.4 Å². The van der Waals surface area contributed by atoms with Gasteiger partial charge in [-0.3, -0.25) is 9.89 Å². The number of ether oxygens (including phenoxy) is 1. The number of benzene rings is 2. The molecule has 0 saturated carbocycles. The summed E-state index contributed by atoms with van der Waals surface area (Å²) in [6, 6.07) is 17.4. The highest BCUT2D eigenvalue weighted by atomic mass is 19.1. The van der Waals surface area contributed by atoms with Gasteiger partial charge in [-0.2, -0.15) is 0 Å². The molecule has 1 fully saturated rings. The van der Waals surface area contributed by atoms with Gasteiger partial charge in [0.2, 0.25) is 0 Å². The summed E-state index contributed by atoms with van der Waals surface area (Å²) >= 11 is 0. The van der Waals surface area contributed by atoms with Gasteiger partial charge in [-0.25, -0.2) is 4.39 Å². The molecule has 1 heterocycles. The van der Waals surface area contributed by atoms with Gasteiger partial charge in [-0.15, -0.1) is 0 Å². The maximum Gasteiger partial charge on any atom is 0.191 e. The molecule has 0 spiro atoms. The molecule has 0 aliphatic carbocycles. The Morgan fingerprint density at radius 1 is 1.07 bits per heavy atom. The average Bonchev–Trinajstić information content (AvgIpc) is 2.78. The first-order valence-corrected chi connectivity index (χ1v) is 10.3. The van der Waals surface area contributed by atoms with Crippen LogP contribution in [0.2, 0.25) is 0 Å². The van der Waals surface area contributed by atoms with Crippen molar-refractivity contribution in [1.82, 2.24) is 15.5 Å². The van der Waals surface area contributed by atoms with Crippen LogP contribution >= 0.6 is 0 Å². The van der Waals surface area contributed by atoms with Crippen molar-refractivity contribution in [1.29, 1.82) is 0 Å². The zero-order chi connectivity index (χ0) is 20.3. The van der Waals surface area contributed by atoms with E-state index in [1.165, 1.54) is 17.7 Å². The molecule has 1 saturated heterocycles. The fourth-order valence-electron chi connectivity index (χ4n) is 3.59. The first-order valence-electron chi connectivity index (χ1n) is 10.3. The summed E-state index contributed by atoms with van der Waals surface area (Å²) in [7, 11) is 1.79. The highest BCUT2D eigenvalue weighted by Gasteiger charge is 2.23. The van der Waals surface area contributed by atoms with E-state index in [2.05, 4.69) is 44.8 Å². The van der Waals surface area contributed by atoms with E-state index < -0.39 is 0 Å². The lowest BCUT2D eigenvalue weighted by atomic mass is 10.0. The number of guanidine groups is 1. The average molecular weight is 399 g/mol. The van der Waals surface area contributed by atoms with Gasteiger partial charge >= 0.3 is 0 Å². The lowest BCUT2D eigenvalue weighted by Gasteiger charge is -2.35. The Bertz CT molecular complexity index is 745. The van der Waals surface area contributed by atoms with E-state index in [4.69, 9.17) is 4.74 Å². The van der Waals surface area contributed by atoms with Crippen molar-refractivity contribution < 1.29 is 9.13 Å². The summed E-state index contributed by atoms with van der Waals surface area (Å²) < 4.78 is 18.9. The van der Waals surface area contributed by atoms with Crippen molar-refractivity contribution in [2.45, 2.75) is 18.9 Å². The van der Waals surface area contributed by atoms with Crippen molar-refractivity contribution in [2.24, 2.45) is 4.99 Å². The highest BCUT2D eigenvalue weighted by molar-refractivity contribution is 5.79. The second kappa shape index (κ2) is 11.5. The Balaban J connectivity index is 1.51. The molecule has 5 nitrogen and oxygen atoms in total. The number of aryl methyl sites for hydroxylation is 1. The molecule has 1 unspecified atom stereocenters. The SMILES string of the molecule is CN=C(NCCCc1ccccc1)NCC(c1ccc(F)cc1)N1CCOCC1. The molecule has 0 amide bonds. The standard InChI is InChI=1S/C23H31FN4O/c1-25-23(26-13-5-8-19-6-3-2-4-7-19)27-18-22(28-14-16-29-17-15-28)20-9-11-21(24)12-10-20/h2-4,6-7,9-12,22H,5,8,13-18H2,1H3,(H2,25,26,27). The van der Waals surface area contributed by atoms with Crippen molar-refractivity contribution in [3.05, 3.63) is 71.5 Å². The maximum absolute atomic E-state index is 13.4. The van der Waals surface area contributed by atoms with Crippen LogP contribution in [-0.2, 0) is 11.2 Å².